The van der Waals surface area contributed by atoms with E-state index in [0.29, 0.717) is 0 Å². The van der Waals surface area contributed by atoms with E-state index >= 15 is 0 Å². The second-order valence-electron chi connectivity index (χ2n) is 7.37. The van der Waals surface area contributed by atoms with Crippen molar-refractivity contribution in [1.29, 1.82) is 0 Å². The standard InChI is InChI=1S/C17H26N2/c1-11(14-10-17(6,7)12(2)18-14)13-8-9-15(19-13)16(3,4)5/h8-9,19H,10H2,1-7H3/b14-11-. The Labute approximate surface area is 117 Å². The highest BCUT2D eigenvalue weighted by atomic mass is 14.8. The largest absolute Gasteiger partial charge is 0.358 e. The van der Waals surface area contributed by atoms with Crippen molar-refractivity contribution >= 4 is 11.3 Å². The lowest BCUT2D eigenvalue weighted by Gasteiger charge is -2.17. The first-order valence-electron chi connectivity index (χ1n) is 7.07. The normalized spacial score (nSPS) is 21.5. The molecule has 1 aromatic rings. The predicted molar refractivity (Wildman–Crippen MR) is 83.6 cm³/mol. The molecule has 0 aliphatic carbocycles. The fraction of sp³-hybridized carbons (Fsp3) is 0.588. The Morgan fingerprint density at radius 1 is 1.26 bits per heavy atom. The van der Waals surface area contributed by atoms with Crippen LogP contribution < -0.4 is 0 Å². The van der Waals surface area contributed by atoms with Gasteiger partial charge in [0, 0.05) is 40.0 Å². The molecule has 0 fully saturated rings. The van der Waals surface area contributed by atoms with Crippen molar-refractivity contribution < 1.29 is 0 Å². The van der Waals surface area contributed by atoms with Gasteiger partial charge in [0.2, 0.25) is 0 Å². The van der Waals surface area contributed by atoms with Crippen molar-refractivity contribution in [3.8, 4) is 0 Å². The third-order valence-corrected chi connectivity index (χ3v) is 4.22. The molecule has 0 radical (unpaired) electrons. The van der Waals surface area contributed by atoms with Crippen LogP contribution >= 0.6 is 0 Å². The summed E-state index contributed by atoms with van der Waals surface area (Å²) < 4.78 is 0. The van der Waals surface area contributed by atoms with E-state index in [1.807, 2.05) is 0 Å². The molecule has 1 N–H and O–H groups in total. The molecule has 2 rings (SSSR count). The summed E-state index contributed by atoms with van der Waals surface area (Å²) in [7, 11) is 0. The fourth-order valence-electron chi connectivity index (χ4n) is 2.36. The van der Waals surface area contributed by atoms with Crippen LogP contribution in [0.1, 0.15) is 66.3 Å². The van der Waals surface area contributed by atoms with Crippen molar-refractivity contribution in [3.05, 3.63) is 29.2 Å². The van der Waals surface area contributed by atoms with Crippen molar-refractivity contribution in [2.75, 3.05) is 0 Å². The smallest absolute Gasteiger partial charge is 0.0462 e. The molecular formula is C17H26N2. The van der Waals surface area contributed by atoms with E-state index in [1.54, 1.807) is 0 Å². The predicted octanol–water partition coefficient (Wildman–Crippen LogP) is 4.93. The van der Waals surface area contributed by atoms with Crippen LogP contribution in [-0.4, -0.2) is 10.7 Å². The summed E-state index contributed by atoms with van der Waals surface area (Å²) in [6.45, 7) is 15.5. The van der Waals surface area contributed by atoms with Crippen LogP contribution in [0.25, 0.3) is 5.57 Å². The Hall–Kier alpha value is -1.31. The zero-order chi connectivity index (χ0) is 14.4. The van der Waals surface area contributed by atoms with Crippen molar-refractivity contribution in [2.45, 2.75) is 60.3 Å². The molecule has 1 aliphatic rings. The van der Waals surface area contributed by atoms with Gasteiger partial charge in [0.15, 0.2) is 0 Å². The summed E-state index contributed by atoms with van der Waals surface area (Å²) >= 11 is 0. The van der Waals surface area contributed by atoms with Gasteiger partial charge < -0.3 is 4.98 Å². The molecule has 1 aliphatic heterocycles. The van der Waals surface area contributed by atoms with E-state index in [0.717, 1.165) is 6.42 Å². The van der Waals surface area contributed by atoms with Gasteiger partial charge >= 0.3 is 0 Å². The molecule has 19 heavy (non-hydrogen) atoms. The van der Waals surface area contributed by atoms with E-state index < -0.39 is 0 Å². The average molecular weight is 258 g/mol. The van der Waals surface area contributed by atoms with E-state index in [-0.39, 0.29) is 10.8 Å². The number of hydrogen-bond acceptors (Lipinski definition) is 1. The lowest BCUT2D eigenvalue weighted by atomic mass is 9.86. The first-order chi connectivity index (χ1) is 8.61. The number of nitrogens with one attached hydrogen (secondary N) is 1. The van der Waals surface area contributed by atoms with Gasteiger partial charge in [-0.3, -0.25) is 4.99 Å². The first kappa shape index (κ1) is 14.1. The van der Waals surface area contributed by atoms with Crippen LogP contribution in [0.4, 0.5) is 0 Å². The van der Waals surface area contributed by atoms with Gasteiger partial charge in [0.1, 0.15) is 0 Å². The molecule has 0 atom stereocenters. The maximum Gasteiger partial charge on any atom is 0.0462 e. The molecule has 0 saturated heterocycles. The van der Waals surface area contributed by atoms with Gasteiger partial charge in [0.25, 0.3) is 0 Å². The molecule has 0 unspecified atom stereocenters. The SMILES string of the molecule is CC1=N/C(=C(/C)c2ccc(C(C)(C)C)[nH]2)CC1(C)C. The maximum atomic E-state index is 4.77. The number of rotatable bonds is 1. The Morgan fingerprint density at radius 3 is 2.32 bits per heavy atom. The van der Waals surface area contributed by atoms with Crippen LogP contribution in [-0.2, 0) is 5.41 Å². The minimum Gasteiger partial charge on any atom is -0.358 e. The molecule has 0 amide bonds. The number of nitrogens with zero attached hydrogens (tertiary/aromatic N) is 1. The molecule has 1 aromatic heterocycles. The molecule has 2 nitrogen and oxygen atoms in total. The fourth-order valence-corrected chi connectivity index (χ4v) is 2.36. The summed E-state index contributed by atoms with van der Waals surface area (Å²) in [5.74, 6) is 0. The van der Waals surface area contributed by atoms with Crippen LogP contribution in [0, 0.1) is 5.41 Å². The second kappa shape index (κ2) is 4.36. The van der Waals surface area contributed by atoms with Crippen LogP contribution in [0.3, 0.4) is 0 Å². The summed E-state index contributed by atoms with van der Waals surface area (Å²) in [6, 6.07) is 4.37. The quantitative estimate of drug-likeness (QED) is 0.739. The van der Waals surface area contributed by atoms with Gasteiger partial charge in [-0.25, -0.2) is 0 Å². The lowest BCUT2D eigenvalue weighted by molar-refractivity contribution is 0.540. The van der Waals surface area contributed by atoms with E-state index in [4.69, 9.17) is 4.99 Å². The Morgan fingerprint density at radius 2 is 1.89 bits per heavy atom. The molecule has 0 aromatic carbocycles. The van der Waals surface area contributed by atoms with Crippen LogP contribution in [0.15, 0.2) is 22.8 Å². The van der Waals surface area contributed by atoms with Crippen molar-refractivity contribution in [1.82, 2.24) is 4.98 Å². The number of aromatic nitrogens is 1. The van der Waals surface area contributed by atoms with Gasteiger partial charge in [-0.15, -0.1) is 0 Å². The van der Waals surface area contributed by atoms with Gasteiger partial charge in [-0.1, -0.05) is 34.6 Å². The monoisotopic (exact) mass is 258 g/mol. The highest BCUT2D eigenvalue weighted by Crippen LogP contribution is 2.38. The summed E-state index contributed by atoms with van der Waals surface area (Å²) in [5, 5.41) is 0. The van der Waals surface area contributed by atoms with E-state index in [1.165, 1.54) is 28.4 Å². The first-order valence-corrected chi connectivity index (χ1v) is 7.07. The Bertz CT molecular complexity index is 548. The lowest BCUT2D eigenvalue weighted by Crippen LogP contribution is -2.15. The van der Waals surface area contributed by atoms with Gasteiger partial charge in [-0.05, 0) is 31.6 Å². The number of hydrogen-bond donors (Lipinski definition) is 1. The Balaban J connectivity index is 2.36. The molecule has 0 spiro atoms. The maximum absolute atomic E-state index is 4.77. The third-order valence-electron chi connectivity index (χ3n) is 4.22. The summed E-state index contributed by atoms with van der Waals surface area (Å²) in [6.07, 6.45) is 1.04. The molecular weight excluding hydrogens is 232 g/mol. The topological polar surface area (TPSA) is 28.1 Å². The number of aliphatic imine (C=N–C) groups is 1. The van der Waals surface area contributed by atoms with Crippen molar-refractivity contribution in [3.63, 3.8) is 0 Å². The second-order valence-corrected chi connectivity index (χ2v) is 7.37. The highest BCUT2D eigenvalue weighted by Gasteiger charge is 2.30. The molecule has 0 saturated carbocycles. The number of allylic oxidation sites excluding steroid dienone is 2. The summed E-state index contributed by atoms with van der Waals surface area (Å²) in [4.78, 5) is 8.31. The minimum atomic E-state index is 0.164. The number of aromatic amines is 1. The summed E-state index contributed by atoms with van der Waals surface area (Å²) in [5.41, 5.74) is 6.59. The molecule has 2 heteroatoms. The highest BCUT2D eigenvalue weighted by molar-refractivity contribution is 5.92. The molecule has 104 valence electrons. The third kappa shape index (κ3) is 2.68. The van der Waals surface area contributed by atoms with Crippen LogP contribution in [0.2, 0.25) is 0 Å². The number of H-pyrrole nitrogens is 1. The van der Waals surface area contributed by atoms with Crippen LogP contribution in [0.5, 0.6) is 0 Å². The molecule has 2 heterocycles. The average Bonchev–Trinajstić information content (AvgIpc) is 2.83. The molecule has 0 bridgehead atoms. The minimum absolute atomic E-state index is 0.164. The zero-order valence-electron chi connectivity index (χ0n) is 13.3. The van der Waals surface area contributed by atoms with Gasteiger partial charge in [-0.2, -0.15) is 0 Å². The van der Waals surface area contributed by atoms with E-state index in [9.17, 15) is 0 Å². The van der Waals surface area contributed by atoms with E-state index in [2.05, 4.69) is 65.6 Å². The van der Waals surface area contributed by atoms with Gasteiger partial charge in [0.05, 0.1) is 0 Å². The van der Waals surface area contributed by atoms with Crippen molar-refractivity contribution in [2.24, 2.45) is 10.4 Å². The zero-order valence-corrected chi connectivity index (χ0v) is 13.3. The Kier molecular flexibility index (Phi) is 3.24.